The normalized spacial score (nSPS) is 20.3. The third kappa shape index (κ3) is 2.51. The van der Waals surface area contributed by atoms with Gasteiger partial charge in [-0.05, 0) is 12.1 Å². The highest BCUT2D eigenvalue weighted by Gasteiger charge is 2.42. The molecule has 23 heavy (non-hydrogen) atoms. The Morgan fingerprint density at radius 3 is 3.17 bits per heavy atom. The van der Waals surface area contributed by atoms with E-state index in [2.05, 4.69) is 12.6 Å². The number of nitriles is 1. The van der Waals surface area contributed by atoms with E-state index in [1.807, 2.05) is 0 Å². The lowest BCUT2D eigenvalue weighted by atomic mass is 9.87. The number of furan rings is 1. The zero-order valence-corrected chi connectivity index (χ0v) is 13.1. The van der Waals surface area contributed by atoms with Crippen molar-refractivity contribution in [1.82, 2.24) is 4.90 Å². The monoisotopic (exact) mass is 329 g/mol. The lowest BCUT2D eigenvalue weighted by Gasteiger charge is -2.31. The van der Waals surface area contributed by atoms with Crippen molar-refractivity contribution < 1.29 is 13.9 Å². The molecule has 1 aromatic heterocycles. The molecule has 0 saturated carbocycles. The molecule has 7 heteroatoms. The van der Waals surface area contributed by atoms with E-state index in [0.717, 1.165) is 10.8 Å². The molecule has 0 radical (unpaired) electrons. The molecular formula is C16H15N3O3S. The highest BCUT2D eigenvalue weighted by Crippen LogP contribution is 2.46. The summed E-state index contributed by atoms with van der Waals surface area (Å²) in [6, 6.07) is 5.66. The van der Waals surface area contributed by atoms with Gasteiger partial charge in [-0.15, -0.1) is 11.8 Å². The number of esters is 1. The smallest absolute Gasteiger partial charge is 0.339 e. The lowest BCUT2D eigenvalue weighted by molar-refractivity contribution is -0.138. The largest absolute Gasteiger partial charge is 0.468 e. The van der Waals surface area contributed by atoms with E-state index in [1.165, 1.54) is 12.3 Å². The van der Waals surface area contributed by atoms with E-state index in [-0.39, 0.29) is 12.2 Å². The number of thioether (sulfide) groups is 1. The van der Waals surface area contributed by atoms with Crippen LogP contribution in [0.5, 0.6) is 0 Å². The Labute approximate surface area is 137 Å². The second kappa shape index (κ2) is 6.26. The zero-order valence-electron chi connectivity index (χ0n) is 12.3. The second-order valence-corrected chi connectivity index (χ2v) is 6.05. The molecule has 3 heterocycles. The topological polar surface area (TPSA) is 92.5 Å². The molecule has 1 fully saturated rings. The number of fused-ring (bicyclic) bond motifs is 1. The van der Waals surface area contributed by atoms with Crippen molar-refractivity contribution in [3.05, 3.63) is 58.8 Å². The fourth-order valence-electron chi connectivity index (χ4n) is 2.71. The Balaban J connectivity index is 2.13. The van der Waals surface area contributed by atoms with Gasteiger partial charge in [-0.25, -0.2) is 4.79 Å². The van der Waals surface area contributed by atoms with Gasteiger partial charge in [-0.3, -0.25) is 0 Å². The van der Waals surface area contributed by atoms with Gasteiger partial charge in [0.25, 0.3) is 0 Å². The molecule has 0 amide bonds. The maximum atomic E-state index is 12.5. The first-order valence-electron chi connectivity index (χ1n) is 7.04. The summed E-state index contributed by atoms with van der Waals surface area (Å²) in [6.45, 7) is 4.26. The highest BCUT2D eigenvalue weighted by molar-refractivity contribution is 8.03. The minimum atomic E-state index is -0.649. The van der Waals surface area contributed by atoms with Gasteiger partial charge in [0.15, 0.2) is 0 Å². The minimum absolute atomic E-state index is 0.0771. The van der Waals surface area contributed by atoms with Crippen LogP contribution in [0.3, 0.4) is 0 Å². The molecule has 0 aliphatic carbocycles. The van der Waals surface area contributed by atoms with Crippen molar-refractivity contribution in [1.29, 1.82) is 5.26 Å². The molecule has 1 aromatic rings. The standard InChI is InChI=1S/C16H15N3O3S/c1-2-6-22-16(20)13-12(11-4-3-7-21-11)10(9-17)15-19(14(13)18)5-8-23-15/h2-4,7,12H,1,5-6,8,18H2. The van der Waals surface area contributed by atoms with E-state index in [1.54, 1.807) is 28.8 Å². The Bertz CT molecular complexity index is 743. The van der Waals surface area contributed by atoms with Crippen LogP contribution in [-0.2, 0) is 9.53 Å². The summed E-state index contributed by atoms with van der Waals surface area (Å²) in [4.78, 5) is 14.3. The Morgan fingerprint density at radius 2 is 2.52 bits per heavy atom. The Kier molecular flexibility index (Phi) is 4.17. The number of carbonyl (C=O) groups is 1. The lowest BCUT2D eigenvalue weighted by Crippen LogP contribution is -2.35. The van der Waals surface area contributed by atoms with E-state index in [0.29, 0.717) is 23.7 Å². The molecule has 2 aliphatic rings. The van der Waals surface area contributed by atoms with Gasteiger partial charge >= 0.3 is 5.97 Å². The number of nitrogens with two attached hydrogens (primary N) is 1. The quantitative estimate of drug-likeness (QED) is 0.667. The van der Waals surface area contributed by atoms with Crippen LogP contribution in [0.25, 0.3) is 0 Å². The first-order valence-corrected chi connectivity index (χ1v) is 8.03. The van der Waals surface area contributed by atoms with E-state index < -0.39 is 11.9 Å². The van der Waals surface area contributed by atoms with Gasteiger partial charge in [0, 0.05) is 12.3 Å². The van der Waals surface area contributed by atoms with Crippen LogP contribution in [0.2, 0.25) is 0 Å². The molecule has 1 unspecified atom stereocenters. The third-order valence-corrected chi connectivity index (χ3v) is 4.77. The summed E-state index contributed by atoms with van der Waals surface area (Å²) in [5, 5.41) is 10.4. The van der Waals surface area contributed by atoms with Gasteiger partial charge in [-0.2, -0.15) is 5.26 Å². The van der Waals surface area contributed by atoms with Crippen molar-refractivity contribution in [2.45, 2.75) is 5.92 Å². The first-order chi connectivity index (χ1) is 11.2. The molecule has 6 nitrogen and oxygen atoms in total. The summed E-state index contributed by atoms with van der Waals surface area (Å²) >= 11 is 1.55. The summed E-state index contributed by atoms with van der Waals surface area (Å²) in [5.41, 5.74) is 6.93. The molecule has 2 aliphatic heterocycles. The Hall–Kier alpha value is -2.59. The number of hydrogen-bond donors (Lipinski definition) is 1. The Morgan fingerprint density at radius 1 is 1.70 bits per heavy atom. The average Bonchev–Trinajstić information content (AvgIpc) is 3.23. The summed E-state index contributed by atoms with van der Waals surface area (Å²) in [7, 11) is 0. The summed E-state index contributed by atoms with van der Waals surface area (Å²) < 4.78 is 10.6. The predicted octanol–water partition coefficient (Wildman–Crippen LogP) is 2.06. The molecule has 2 N–H and O–H groups in total. The van der Waals surface area contributed by atoms with Gasteiger partial charge in [0.1, 0.15) is 18.2 Å². The number of nitrogens with zero attached hydrogens (tertiary/aromatic N) is 2. The van der Waals surface area contributed by atoms with E-state index >= 15 is 0 Å². The predicted molar refractivity (Wildman–Crippen MR) is 85.6 cm³/mol. The number of rotatable bonds is 4. The molecule has 0 bridgehead atoms. The van der Waals surface area contributed by atoms with Crippen LogP contribution in [0.4, 0.5) is 0 Å². The van der Waals surface area contributed by atoms with Crippen LogP contribution in [0.1, 0.15) is 11.7 Å². The summed E-state index contributed by atoms with van der Waals surface area (Å²) in [6.07, 6.45) is 2.99. The fourth-order valence-corrected chi connectivity index (χ4v) is 3.85. The van der Waals surface area contributed by atoms with Gasteiger partial charge in [-0.1, -0.05) is 12.7 Å². The second-order valence-electron chi connectivity index (χ2n) is 4.97. The fraction of sp³-hybridized carbons (Fsp3) is 0.250. The highest BCUT2D eigenvalue weighted by atomic mass is 32.2. The molecule has 3 rings (SSSR count). The van der Waals surface area contributed by atoms with Gasteiger partial charge in [0.05, 0.1) is 34.4 Å². The van der Waals surface area contributed by atoms with Gasteiger partial charge < -0.3 is 19.8 Å². The SMILES string of the molecule is C=CCOC(=O)C1=C(N)N2CCSC2=C(C#N)C1c1ccco1. The van der Waals surface area contributed by atoms with E-state index in [4.69, 9.17) is 14.9 Å². The third-order valence-electron chi connectivity index (χ3n) is 3.67. The minimum Gasteiger partial charge on any atom is -0.468 e. The number of carbonyl (C=O) groups excluding carboxylic acids is 1. The van der Waals surface area contributed by atoms with Crippen molar-refractivity contribution >= 4 is 17.7 Å². The van der Waals surface area contributed by atoms with Crippen LogP contribution in [0, 0.1) is 11.3 Å². The molecule has 118 valence electrons. The van der Waals surface area contributed by atoms with Crippen LogP contribution < -0.4 is 5.73 Å². The summed E-state index contributed by atoms with van der Waals surface area (Å²) in [5.74, 6) is 0.409. The molecule has 0 aromatic carbocycles. The van der Waals surface area contributed by atoms with Crippen molar-refractivity contribution in [2.24, 2.45) is 5.73 Å². The first kappa shape index (κ1) is 15.3. The van der Waals surface area contributed by atoms with Crippen LogP contribution in [0.15, 0.2) is 57.5 Å². The number of ether oxygens (including phenoxy) is 1. The van der Waals surface area contributed by atoms with Crippen molar-refractivity contribution in [3.8, 4) is 6.07 Å². The van der Waals surface area contributed by atoms with Crippen molar-refractivity contribution in [3.63, 3.8) is 0 Å². The van der Waals surface area contributed by atoms with Crippen LogP contribution in [-0.4, -0.2) is 29.8 Å². The van der Waals surface area contributed by atoms with Gasteiger partial charge in [0.2, 0.25) is 0 Å². The molecule has 1 atom stereocenters. The molecular weight excluding hydrogens is 314 g/mol. The number of allylic oxidation sites excluding steroid dienone is 1. The zero-order chi connectivity index (χ0) is 16.4. The average molecular weight is 329 g/mol. The molecule has 0 spiro atoms. The van der Waals surface area contributed by atoms with E-state index in [9.17, 15) is 10.1 Å². The maximum absolute atomic E-state index is 12.5. The number of hydrogen-bond acceptors (Lipinski definition) is 7. The van der Waals surface area contributed by atoms with Crippen molar-refractivity contribution in [2.75, 3.05) is 18.9 Å². The maximum Gasteiger partial charge on any atom is 0.339 e. The van der Waals surface area contributed by atoms with Crippen LogP contribution >= 0.6 is 11.8 Å². The molecule has 1 saturated heterocycles.